The molecule has 2 bridgehead atoms. The number of hydrogen-bond donors (Lipinski definition) is 1. The van der Waals surface area contributed by atoms with Crippen LogP contribution in [0.1, 0.15) is 19.8 Å². The number of nitrogens with one attached hydrogen (secondary N) is 1. The Morgan fingerprint density at radius 1 is 1.52 bits per heavy atom. The third-order valence-corrected chi connectivity index (χ3v) is 6.72. The van der Waals surface area contributed by atoms with Gasteiger partial charge in [-0.05, 0) is 18.9 Å². The fourth-order valence-electron chi connectivity index (χ4n) is 3.94. The molecule has 1 N–H and O–H groups in total. The summed E-state index contributed by atoms with van der Waals surface area (Å²) in [6.45, 7) is 4.84. The molecule has 116 valence electrons. The second-order valence-corrected chi connectivity index (χ2v) is 7.77. The zero-order chi connectivity index (χ0) is 15.4. The summed E-state index contributed by atoms with van der Waals surface area (Å²) in [7, 11) is -3.70. The predicted octanol–water partition coefficient (Wildman–Crippen LogP) is -0.272. The van der Waals surface area contributed by atoms with Crippen molar-refractivity contribution in [2.45, 2.75) is 37.2 Å². The monoisotopic (exact) mass is 315 g/mol. The molecule has 0 spiro atoms. The topological polar surface area (TPSA) is 98.8 Å². The standard InChI is InChI=1S/C13H17NO6S/c1-3-9(15)14-6-10(16)19-11-7-4-8-13(2,5-7)12(11)21(17,18)20-8/h3,7-8,11-12H,1,4-6H2,2H3,(H,14,15). The summed E-state index contributed by atoms with van der Waals surface area (Å²) in [6, 6.07) is 0. The number of fused-ring (bicyclic) bond motifs is 1. The van der Waals surface area contributed by atoms with Crippen molar-refractivity contribution in [3.8, 4) is 0 Å². The molecule has 0 aromatic rings. The summed E-state index contributed by atoms with van der Waals surface area (Å²) in [5, 5.41) is 1.51. The highest BCUT2D eigenvalue weighted by Gasteiger charge is 2.72. The summed E-state index contributed by atoms with van der Waals surface area (Å²) >= 11 is 0. The summed E-state index contributed by atoms with van der Waals surface area (Å²) in [6.07, 6.45) is 1.33. The van der Waals surface area contributed by atoms with Crippen molar-refractivity contribution in [3.63, 3.8) is 0 Å². The molecule has 0 aromatic heterocycles. The number of hydrogen-bond acceptors (Lipinski definition) is 6. The lowest BCUT2D eigenvalue weighted by molar-refractivity contribution is -0.151. The third kappa shape index (κ3) is 2.08. The van der Waals surface area contributed by atoms with E-state index in [0.717, 1.165) is 6.08 Å². The van der Waals surface area contributed by atoms with E-state index in [1.54, 1.807) is 0 Å². The first-order chi connectivity index (χ1) is 9.78. The van der Waals surface area contributed by atoms with Crippen LogP contribution >= 0.6 is 0 Å². The molecule has 0 radical (unpaired) electrons. The van der Waals surface area contributed by atoms with Crippen LogP contribution in [-0.2, 0) is 28.6 Å². The lowest BCUT2D eigenvalue weighted by Crippen LogP contribution is -2.45. The summed E-state index contributed by atoms with van der Waals surface area (Å²) < 4.78 is 34.7. The minimum Gasteiger partial charge on any atom is -0.459 e. The molecule has 8 heteroatoms. The summed E-state index contributed by atoms with van der Waals surface area (Å²) in [5.41, 5.74) is -0.473. The first kappa shape index (κ1) is 14.5. The quantitative estimate of drug-likeness (QED) is 0.435. The fraction of sp³-hybridized carbons (Fsp3) is 0.692. The molecular weight excluding hydrogens is 298 g/mol. The Labute approximate surface area is 122 Å². The van der Waals surface area contributed by atoms with Crippen LogP contribution in [0.4, 0.5) is 0 Å². The van der Waals surface area contributed by atoms with Gasteiger partial charge in [-0.2, -0.15) is 8.42 Å². The molecule has 2 aliphatic carbocycles. The molecule has 1 aliphatic heterocycles. The molecule has 5 unspecified atom stereocenters. The van der Waals surface area contributed by atoms with Gasteiger partial charge in [-0.25, -0.2) is 0 Å². The zero-order valence-corrected chi connectivity index (χ0v) is 12.4. The van der Waals surface area contributed by atoms with Crippen LogP contribution in [-0.4, -0.2) is 44.3 Å². The highest BCUT2D eigenvalue weighted by atomic mass is 32.2. The second kappa shape index (κ2) is 4.54. The van der Waals surface area contributed by atoms with Gasteiger partial charge in [0, 0.05) is 11.3 Å². The van der Waals surface area contributed by atoms with Gasteiger partial charge in [0.15, 0.2) is 0 Å². The predicted molar refractivity (Wildman–Crippen MR) is 71.5 cm³/mol. The number of rotatable bonds is 4. The Hall–Kier alpha value is -1.41. The Kier molecular flexibility index (Phi) is 3.14. The van der Waals surface area contributed by atoms with Crippen molar-refractivity contribution in [2.24, 2.45) is 11.3 Å². The SMILES string of the molecule is C=CC(=O)NCC(=O)OC1C2CC3OS(=O)(=O)C1C3(C)C2. The van der Waals surface area contributed by atoms with Gasteiger partial charge in [-0.1, -0.05) is 13.5 Å². The molecule has 0 aromatic carbocycles. The Balaban J connectivity index is 1.71. The molecule has 1 amide bonds. The molecule has 1 heterocycles. The molecule has 3 rings (SSSR count). The van der Waals surface area contributed by atoms with Crippen LogP contribution in [0.3, 0.4) is 0 Å². The molecule has 3 aliphatic rings. The zero-order valence-electron chi connectivity index (χ0n) is 11.6. The van der Waals surface area contributed by atoms with Crippen LogP contribution in [0, 0.1) is 11.3 Å². The Morgan fingerprint density at radius 2 is 2.24 bits per heavy atom. The largest absolute Gasteiger partial charge is 0.459 e. The van der Waals surface area contributed by atoms with Crippen LogP contribution < -0.4 is 5.32 Å². The number of amides is 1. The smallest absolute Gasteiger partial charge is 0.325 e. The number of carbonyl (C=O) groups excluding carboxylic acids is 2. The van der Waals surface area contributed by atoms with E-state index in [1.807, 2.05) is 6.92 Å². The van der Waals surface area contributed by atoms with E-state index in [9.17, 15) is 18.0 Å². The van der Waals surface area contributed by atoms with Gasteiger partial charge >= 0.3 is 5.97 Å². The van der Waals surface area contributed by atoms with Crippen LogP contribution in [0.2, 0.25) is 0 Å². The molecule has 1 saturated heterocycles. The minimum absolute atomic E-state index is 0.00123. The van der Waals surface area contributed by atoms with E-state index in [0.29, 0.717) is 12.8 Å². The molecule has 7 nitrogen and oxygen atoms in total. The van der Waals surface area contributed by atoms with Crippen LogP contribution in [0.25, 0.3) is 0 Å². The first-order valence-electron chi connectivity index (χ1n) is 6.80. The van der Waals surface area contributed by atoms with Gasteiger partial charge in [0.1, 0.15) is 17.9 Å². The lowest BCUT2D eigenvalue weighted by Gasteiger charge is -2.29. The average Bonchev–Trinajstić information content (AvgIpc) is 2.88. The minimum atomic E-state index is -3.70. The van der Waals surface area contributed by atoms with Gasteiger partial charge < -0.3 is 10.1 Å². The van der Waals surface area contributed by atoms with Gasteiger partial charge in [0.2, 0.25) is 5.91 Å². The van der Waals surface area contributed by atoms with Gasteiger partial charge in [-0.15, -0.1) is 0 Å². The maximum atomic E-state index is 12.1. The third-order valence-electron chi connectivity index (χ3n) is 4.79. The van der Waals surface area contributed by atoms with Crippen LogP contribution in [0.5, 0.6) is 0 Å². The molecule has 2 saturated carbocycles. The second-order valence-electron chi connectivity index (χ2n) is 6.08. The van der Waals surface area contributed by atoms with Crippen molar-refractivity contribution < 1.29 is 26.9 Å². The highest BCUT2D eigenvalue weighted by Crippen LogP contribution is 2.63. The number of esters is 1. The van der Waals surface area contributed by atoms with E-state index in [1.165, 1.54) is 0 Å². The van der Waals surface area contributed by atoms with Crippen molar-refractivity contribution in [1.82, 2.24) is 5.32 Å². The summed E-state index contributed by atoms with van der Waals surface area (Å²) in [4.78, 5) is 22.8. The average molecular weight is 315 g/mol. The van der Waals surface area contributed by atoms with Crippen molar-refractivity contribution in [1.29, 1.82) is 0 Å². The summed E-state index contributed by atoms with van der Waals surface area (Å²) in [5.74, 6) is -1.13. The lowest BCUT2D eigenvalue weighted by atomic mass is 9.82. The van der Waals surface area contributed by atoms with E-state index in [4.69, 9.17) is 8.92 Å². The van der Waals surface area contributed by atoms with Gasteiger partial charge in [0.05, 0.1) is 6.10 Å². The fourth-order valence-corrected chi connectivity index (χ4v) is 6.20. The highest BCUT2D eigenvalue weighted by molar-refractivity contribution is 7.87. The Morgan fingerprint density at radius 3 is 2.90 bits per heavy atom. The van der Waals surface area contributed by atoms with E-state index in [2.05, 4.69) is 11.9 Å². The van der Waals surface area contributed by atoms with Crippen molar-refractivity contribution in [2.75, 3.05) is 6.54 Å². The van der Waals surface area contributed by atoms with Crippen LogP contribution in [0.15, 0.2) is 12.7 Å². The number of carbonyl (C=O) groups is 2. The molecule has 21 heavy (non-hydrogen) atoms. The maximum Gasteiger partial charge on any atom is 0.325 e. The van der Waals surface area contributed by atoms with Gasteiger partial charge in [-0.3, -0.25) is 13.8 Å². The first-order valence-corrected chi connectivity index (χ1v) is 8.27. The Bertz CT molecular complexity index is 614. The van der Waals surface area contributed by atoms with Gasteiger partial charge in [0.25, 0.3) is 10.1 Å². The van der Waals surface area contributed by atoms with E-state index >= 15 is 0 Å². The molecular formula is C13H17NO6S. The molecule has 5 atom stereocenters. The van der Waals surface area contributed by atoms with Crippen molar-refractivity contribution >= 4 is 22.0 Å². The van der Waals surface area contributed by atoms with E-state index < -0.39 is 38.8 Å². The van der Waals surface area contributed by atoms with Crippen molar-refractivity contribution in [3.05, 3.63) is 12.7 Å². The normalized spacial score (nSPS) is 41.8. The molecule has 3 fully saturated rings. The van der Waals surface area contributed by atoms with E-state index in [-0.39, 0.29) is 18.6 Å². The maximum absolute atomic E-state index is 12.1. The number of ether oxygens (including phenoxy) is 1.